The van der Waals surface area contributed by atoms with Crippen LogP contribution in [0.4, 0.5) is 5.69 Å². The van der Waals surface area contributed by atoms with E-state index < -0.39 is 0 Å². The molecule has 27 heavy (non-hydrogen) atoms. The molecule has 3 rings (SSSR count). The fraction of sp³-hybridized carbons (Fsp3) is 0.167. The fourth-order valence-electron chi connectivity index (χ4n) is 2.39. The van der Waals surface area contributed by atoms with Gasteiger partial charge >= 0.3 is 0 Å². The second-order valence-corrected chi connectivity index (χ2v) is 6.32. The number of nitrogens with zero attached hydrogens (tertiary/aromatic N) is 4. The van der Waals surface area contributed by atoms with E-state index >= 15 is 0 Å². The molecule has 0 bridgehead atoms. The van der Waals surface area contributed by atoms with Crippen molar-refractivity contribution in [3.05, 3.63) is 60.2 Å². The largest absolute Gasteiger partial charge is 0.352 e. The third-order valence-corrected chi connectivity index (χ3v) is 4.29. The summed E-state index contributed by atoms with van der Waals surface area (Å²) in [6.07, 6.45) is 2.06. The van der Waals surface area contributed by atoms with E-state index in [9.17, 15) is 9.59 Å². The summed E-state index contributed by atoms with van der Waals surface area (Å²) >= 11 is 1.43. The minimum absolute atomic E-state index is 0.170. The molecule has 3 aromatic rings. The highest BCUT2D eigenvalue weighted by Gasteiger charge is 2.09. The van der Waals surface area contributed by atoms with Gasteiger partial charge in [0.25, 0.3) is 5.91 Å². The van der Waals surface area contributed by atoms with Crippen LogP contribution >= 0.6 is 11.8 Å². The van der Waals surface area contributed by atoms with Crippen LogP contribution in [-0.2, 0) is 4.79 Å². The number of amides is 2. The van der Waals surface area contributed by atoms with E-state index in [-0.39, 0.29) is 24.8 Å². The summed E-state index contributed by atoms with van der Waals surface area (Å²) in [5.41, 5.74) is 1.95. The first-order chi connectivity index (χ1) is 13.2. The Kier molecular flexibility index (Phi) is 6.16. The Balaban J connectivity index is 1.54. The number of hydrogen-bond donors (Lipinski definition) is 2. The monoisotopic (exact) mass is 382 g/mol. The lowest BCUT2D eigenvalue weighted by molar-refractivity contribution is -0.116. The molecule has 0 unspecified atom stereocenters. The van der Waals surface area contributed by atoms with Crippen LogP contribution in [0.5, 0.6) is 0 Å². The van der Waals surface area contributed by atoms with E-state index in [1.807, 2.05) is 24.5 Å². The first-order valence-electron chi connectivity index (χ1n) is 8.23. The van der Waals surface area contributed by atoms with E-state index in [0.717, 1.165) is 5.69 Å². The third-order valence-electron chi connectivity index (χ3n) is 3.67. The maximum Gasteiger partial charge on any atom is 0.251 e. The molecule has 0 spiro atoms. The van der Waals surface area contributed by atoms with Crippen LogP contribution in [0, 0.1) is 0 Å². The summed E-state index contributed by atoms with van der Waals surface area (Å²) in [6, 6.07) is 16.1. The van der Waals surface area contributed by atoms with Crippen LogP contribution in [0.25, 0.3) is 5.69 Å². The van der Waals surface area contributed by atoms with Gasteiger partial charge in [-0.2, -0.15) is 4.68 Å². The Hall–Kier alpha value is -3.20. The van der Waals surface area contributed by atoms with Gasteiger partial charge in [0.05, 0.1) is 5.69 Å². The smallest absolute Gasteiger partial charge is 0.251 e. The van der Waals surface area contributed by atoms with Crippen LogP contribution in [0.2, 0.25) is 0 Å². The zero-order valence-corrected chi connectivity index (χ0v) is 15.4. The Labute approximate surface area is 160 Å². The van der Waals surface area contributed by atoms with Crippen molar-refractivity contribution < 1.29 is 9.59 Å². The van der Waals surface area contributed by atoms with Crippen molar-refractivity contribution in [3.63, 3.8) is 0 Å². The SMILES string of the molecule is CSc1nnnn1-c1cccc(NC(=O)CCNC(=O)c2ccccc2)c1. The lowest BCUT2D eigenvalue weighted by Crippen LogP contribution is -2.27. The topological polar surface area (TPSA) is 102 Å². The number of anilines is 1. The molecule has 2 amide bonds. The maximum absolute atomic E-state index is 12.1. The van der Waals surface area contributed by atoms with E-state index in [4.69, 9.17) is 0 Å². The van der Waals surface area contributed by atoms with Crippen LogP contribution in [0.1, 0.15) is 16.8 Å². The highest BCUT2D eigenvalue weighted by molar-refractivity contribution is 7.98. The normalized spacial score (nSPS) is 10.4. The van der Waals surface area contributed by atoms with Gasteiger partial charge in [-0.15, -0.1) is 5.10 Å². The van der Waals surface area contributed by atoms with E-state index in [1.165, 1.54) is 11.8 Å². The van der Waals surface area contributed by atoms with Gasteiger partial charge in [0.15, 0.2) is 0 Å². The van der Waals surface area contributed by atoms with Crippen LogP contribution in [0.3, 0.4) is 0 Å². The Morgan fingerprint density at radius 2 is 1.93 bits per heavy atom. The van der Waals surface area contributed by atoms with Crippen molar-refractivity contribution in [1.29, 1.82) is 0 Å². The second kappa shape index (κ2) is 8.95. The molecule has 0 saturated carbocycles. The van der Waals surface area contributed by atoms with Gasteiger partial charge in [0, 0.05) is 24.2 Å². The zero-order valence-electron chi connectivity index (χ0n) is 14.6. The average molecular weight is 382 g/mol. The molecule has 0 saturated heterocycles. The quantitative estimate of drug-likeness (QED) is 0.607. The predicted molar refractivity (Wildman–Crippen MR) is 103 cm³/mol. The lowest BCUT2D eigenvalue weighted by Gasteiger charge is -2.09. The van der Waals surface area contributed by atoms with Crippen LogP contribution in [-0.4, -0.2) is 44.8 Å². The highest BCUT2D eigenvalue weighted by atomic mass is 32.2. The molecule has 0 fully saturated rings. The van der Waals surface area contributed by atoms with Gasteiger partial charge < -0.3 is 10.6 Å². The molecular formula is C18H18N6O2S. The zero-order chi connectivity index (χ0) is 19.1. The number of carbonyl (C=O) groups is 2. The summed E-state index contributed by atoms with van der Waals surface area (Å²) in [6.45, 7) is 0.253. The second-order valence-electron chi connectivity index (χ2n) is 5.55. The molecule has 0 aliphatic carbocycles. The van der Waals surface area contributed by atoms with Gasteiger partial charge in [-0.05, 0) is 47.0 Å². The van der Waals surface area contributed by atoms with E-state index in [2.05, 4.69) is 26.2 Å². The van der Waals surface area contributed by atoms with Gasteiger partial charge in [-0.3, -0.25) is 9.59 Å². The number of hydrogen-bond acceptors (Lipinski definition) is 6. The molecule has 0 radical (unpaired) electrons. The molecule has 2 N–H and O–H groups in total. The first-order valence-corrected chi connectivity index (χ1v) is 9.46. The highest BCUT2D eigenvalue weighted by Crippen LogP contribution is 2.18. The standard InChI is InChI=1S/C18H18N6O2S/c1-27-18-21-22-23-24(18)15-9-5-8-14(12-15)20-16(25)10-11-19-17(26)13-6-3-2-4-7-13/h2-9,12H,10-11H2,1H3,(H,19,26)(H,20,25). The van der Waals surface area contributed by atoms with Crippen molar-refractivity contribution in [2.24, 2.45) is 0 Å². The van der Waals surface area contributed by atoms with Crippen molar-refractivity contribution in [2.45, 2.75) is 11.6 Å². The van der Waals surface area contributed by atoms with Crippen molar-refractivity contribution in [3.8, 4) is 5.69 Å². The minimum Gasteiger partial charge on any atom is -0.352 e. The van der Waals surface area contributed by atoms with Gasteiger partial charge in [-0.1, -0.05) is 36.0 Å². The number of aromatic nitrogens is 4. The maximum atomic E-state index is 12.1. The summed E-state index contributed by atoms with van der Waals surface area (Å²) in [7, 11) is 0. The number of nitrogens with one attached hydrogen (secondary N) is 2. The average Bonchev–Trinajstić information content (AvgIpc) is 3.17. The summed E-state index contributed by atoms with van der Waals surface area (Å²) in [4.78, 5) is 24.1. The number of thioether (sulfide) groups is 1. The summed E-state index contributed by atoms with van der Waals surface area (Å²) in [5, 5.41) is 17.7. The predicted octanol–water partition coefficient (Wildman–Crippen LogP) is 2.14. The van der Waals surface area contributed by atoms with E-state index in [1.54, 1.807) is 41.1 Å². The third kappa shape index (κ3) is 4.91. The van der Waals surface area contributed by atoms with Gasteiger partial charge in [0.1, 0.15) is 0 Å². The number of tetrazole rings is 1. The molecule has 0 aliphatic rings. The molecular weight excluding hydrogens is 364 g/mol. The van der Waals surface area contributed by atoms with Crippen molar-refractivity contribution >= 4 is 29.3 Å². The number of rotatable bonds is 7. The fourth-order valence-corrected chi connectivity index (χ4v) is 2.82. The summed E-state index contributed by atoms with van der Waals surface area (Å²) in [5.74, 6) is -0.393. The van der Waals surface area contributed by atoms with Gasteiger partial charge in [0.2, 0.25) is 11.1 Å². The first kappa shape index (κ1) is 18.6. The van der Waals surface area contributed by atoms with E-state index in [0.29, 0.717) is 16.4 Å². The summed E-state index contributed by atoms with van der Waals surface area (Å²) < 4.78 is 1.60. The van der Waals surface area contributed by atoms with Crippen molar-refractivity contribution in [1.82, 2.24) is 25.5 Å². The van der Waals surface area contributed by atoms with Gasteiger partial charge in [-0.25, -0.2) is 0 Å². The number of carbonyl (C=O) groups excluding carboxylic acids is 2. The molecule has 9 heteroatoms. The molecule has 1 aromatic heterocycles. The lowest BCUT2D eigenvalue weighted by atomic mass is 10.2. The molecule has 0 aliphatic heterocycles. The Morgan fingerprint density at radius 3 is 2.70 bits per heavy atom. The van der Waals surface area contributed by atoms with Crippen molar-refractivity contribution in [2.75, 3.05) is 18.1 Å². The van der Waals surface area contributed by atoms with Crippen LogP contribution in [0.15, 0.2) is 59.8 Å². The molecule has 8 nitrogen and oxygen atoms in total. The minimum atomic E-state index is -0.200. The molecule has 2 aromatic carbocycles. The number of benzene rings is 2. The molecule has 0 atom stereocenters. The molecule has 1 heterocycles. The Bertz CT molecular complexity index is 928. The molecule has 138 valence electrons. The van der Waals surface area contributed by atoms with Crippen LogP contribution < -0.4 is 10.6 Å². The Morgan fingerprint density at radius 1 is 1.11 bits per heavy atom.